The number of hydrogen-bond donors (Lipinski definition) is 1. The number of ether oxygens (including phenoxy) is 2. The summed E-state index contributed by atoms with van der Waals surface area (Å²) in [7, 11) is 3.36. The Morgan fingerprint density at radius 3 is 2.32 bits per heavy atom. The highest BCUT2D eigenvalue weighted by atomic mass is 16.5. The van der Waals surface area contributed by atoms with Gasteiger partial charge >= 0.3 is 0 Å². The second-order valence-corrected chi connectivity index (χ2v) is 5.75. The molecular weight excluding hydrogens is 276 g/mol. The summed E-state index contributed by atoms with van der Waals surface area (Å²) in [6.45, 7) is 2.01. The van der Waals surface area contributed by atoms with Crippen LogP contribution in [0.5, 0.6) is 17.2 Å². The average Bonchev–Trinajstić information content (AvgIpc) is 2.56. The molecule has 0 atom stereocenters. The van der Waals surface area contributed by atoms with Crippen LogP contribution in [0, 0.1) is 6.92 Å². The minimum Gasteiger partial charge on any atom is -0.507 e. The Kier molecular flexibility index (Phi) is 3.97. The second-order valence-electron chi connectivity index (χ2n) is 5.75. The summed E-state index contributed by atoms with van der Waals surface area (Å²) in [5.41, 5.74) is 4.92. The molecule has 116 valence electrons. The number of rotatable bonds is 3. The quantitative estimate of drug-likeness (QED) is 0.920. The predicted octanol–water partition coefficient (Wildman–Crippen LogP) is 4.26. The van der Waals surface area contributed by atoms with Gasteiger partial charge in [0.2, 0.25) is 0 Å². The van der Waals surface area contributed by atoms with Gasteiger partial charge in [0.1, 0.15) is 17.2 Å². The minimum absolute atomic E-state index is 0.387. The lowest BCUT2D eigenvalue weighted by atomic mass is 9.84. The van der Waals surface area contributed by atoms with Crippen molar-refractivity contribution in [1.29, 1.82) is 0 Å². The first-order chi connectivity index (χ1) is 10.7. The van der Waals surface area contributed by atoms with Gasteiger partial charge in [0.15, 0.2) is 0 Å². The van der Waals surface area contributed by atoms with Crippen molar-refractivity contribution in [2.24, 2.45) is 0 Å². The SMILES string of the molecule is COc1ccccc1-c1c(C)c(OC)c2c(c1O)CCCC2. The molecule has 1 N–H and O–H groups in total. The van der Waals surface area contributed by atoms with E-state index in [2.05, 4.69) is 0 Å². The van der Waals surface area contributed by atoms with E-state index in [-0.39, 0.29) is 0 Å². The number of benzene rings is 2. The molecule has 0 amide bonds. The number of hydrogen-bond acceptors (Lipinski definition) is 3. The monoisotopic (exact) mass is 298 g/mol. The summed E-state index contributed by atoms with van der Waals surface area (Å²) < 4.78 is 11.2. The van der Waals surface area contributed by atoms with E-state index >= 15 is 0 Å². The Morgan fingerprint density at radius 2 is 1.64 bits per heavy atom. The van der Waals surface area contributed by atoms with Gasteiger partial charge in [-0.05, 0) is 38.7 Å². The highest BCUT2D eigenvalue weighted by Gasteiger charge is 2.26. The predicted molar refractivity (Wildman–Crippen MR) is 88.0 cm³/mol. The number of phenols is 1. The largest absolute Gasteiger partial charge is 0.507 e. The molecule has 3 heteroatoms. The van der Waals surface area contributed by atoms with Crippen LogP contribution in [0.4, 0.5) is 0 Å². The van der Waals surface area contributed by atoms with E-state index in [0.717, 1.165) is 59.4 Å². The first-order valence-corrected chi connectivity index (χ1v) is 7.73. The molecule has 1 aliphatic carbocycles. The first-order valence-electron chi connectivity index (χ1n) is 7.73. The van der Waals surface area contributed by atoms with Gasteiger partial charge in [0.25, 0.3) is 0 Å². The Hall–Kier alpha value is -2.16. The molecular formula is C19H22O3. The van der Waals surface area contributed by atoms with Crippen molar-refractivity contribution in [2.75, 3.05) is 14.2 Å². The van der Waals surface area contributed by atoms with Crippen molar-refractivity contribution >= 4 is 0 Å². The van der Waals surface area contributed by atoms with Crippen molar-refractivity contribution in [3.8, 4) is 28.4 Å². The first kappa shape index (κ1) is 14.8. The summed E-state index contributed by atoms with van der Waals surface area (Å²) in [5, 5.41) is 10.9. The maximum atomic E-state index is 10.9. The topological polar surface area (TPSA) is 38.7 Å². The van der Waals surface area contributed by atoms with Crippen LogP contribution >= 0.6 is 0 Å². The molecule has 3 rings (SSSR count). The normalized spacial score (nSPS) is 13.6. The van der Waals surface area contributed by atoms with Gasteiger partial charge in [-0.1, -0.05) is 18.2 Å². The highest BCUT2D eigenvalue weighted by Crippen LogP contribution is 2.48. The highest BCUT2D eigenvalue weighted by molar-refractivity contribution is 5.83. The molecule has 0 saturated heterocycles. The van der Waals surface area contributed by atoms with Crippen molar-refractivity contribution in [2.45, 2.75) is 32.6 Å². The molecule has 0 bridgehead atoms. The second kappa shape index (κ2) is 5.91. The van der Waals surface area contributed by atoms with Gasteiger partial charge in [-0.25, -0.2) is 0 Å². The number of fused-ring (bicyclic) bond motifs is 1. The van der Waals surface area contributed by atoms with Crippen LogP contribution in [-0.2, 0) is 12.8 Å². The molecule has 0 heterocycles. The summed E-state index contributed by atoms with van der Waals surface area (Å²) in [5.74, 6) is 2.06. The third-order valence-electron chi connectivity index (χ3n) is 4.56. The Balaban J connectivity index is 2.32. The van der Waals surface area contributed by atoms with Crippen molar-refractivity contribution < 1.29 is 14.6 Å². The lowest BCUT2D eigenvalue weighted by Gasteiger charge is -2.25. The molecule has 0 radical (unpaired) electrons. The summed E-state index contributed by atoms with van der Waals surface area (Å²) >= 11 is 0. The minimum atomic E-state index is 0.387. The van der Waals surface area contributed by atoms with Gasteiger partial charge in [-0.15, -0.1) is 0 Å². The van der Waals surface area contributed by atoms with E-state index in [1.807, 2.05) is 31.2 Å². The van der Waals surface area contributed by atoms with Gasteiger partial charge in [0, 0.05) is 27.8 Å². The molecule has 2 aromatic carbocycles. The lowest BCUT2D eigenvalue weighted by molar-refractivity contribution is 0.397. The molecule has 0 spiro atoms. The van der Waals surface area contributed by atoms with E-state index < -0.39 is 0 Å². The molecule has 0 aromatic heterocycles. The zero-order valence-corrected chi connectivity index (χ0v) is 13.4. The number of phenolic OH excluding ortho intramolecular Hbond substituents is 1. The molecule has 0 saturated carbocycles. The van der Waals surface area contributed by atoms with Crippen molar-refractivity contribution in [3.05, 3.63) is 41.0 Å². The van der Waals surface area contributed by atoms with Gasteiger partial charge in [0.05, 0.1) is 14.2 Å². The van der Waals surface area contributed by atoms with Crippen LogP contribution in [0.1, 0.15) is 29.5 Å². The fourth-order valence-electron chi connectivity index (χ4n) is 3.54. The average molecular weight is 298 g/mol. The lowest BCUT2D eigenvalue weighted by Crippen LogP contribution is -2.08. The number of para-hydroxylation sites is 1. The van der Waals surface area contributed by atoms with Crippen LogP contribution in [0.3, 0.4) is 0 Å². The van der Waals surface area contributed by atoms with Gasteiger partial charge in [-0.3, -0.25) is 0 Å². The Bertz CT molecular complexity index is 681. The summed E-state index contributed by atoms with van der Waals surface area (Å²) in [6, 6.07) is 7.79. The summed E-state index contributed by atoms with van der Waals surface area (Å²) in [4.78, 5) is 0. The number of methoxy groups -OCH3 is 2. The molecule has 1 aliphatic rings. The molecule has 0 aliphatic heterocycles. The van der Waals surface area contributed by atoms with Crippen LogP contribution in [0.2, 0.25) is 0 Å². The van der Waals surface area contributed by atoms with Gasteiger partial charge in [-0.2, -0.15) is 0 Å². The van der Waals surface area contributed by atoms with Crippen LogP contribution in [0.25, 0.3) is 11.1 Å². The van der Waals surface area contributed by atoms with E-state index in [9.17, 15) is 5.11 Å². The van der Waals surface area contributed by atoms with Crippen LogP contribution in [0.15, 0.2) is 24.3 Å². The van der Waals surface area contributed by atoms with Crippen molar-refractivity contribution in [3.63, 3.8) is 0 Å². The third kappa shape index (κ3) is 2.21. The van der Waals surface area contributed by atoms with E-state index in [1.165, 1.54) is 5.56 Å². The smallest absolute Gasteiger partial charge is 0.127 e. The third-order valence-corrected chi connectivity index (χ3v) is 4.56. The molecule has 3 nitrogen and oxygen atoms in total. The standard InChI is InChI=1S/C19H22O3/c1-12-17(15-10-6-7-11-16(15)21-2)18(20)13-8-4-5-9-14(13)19(12)22-3/h6-7,10-11,20H,4-5,8-9H2,1-3H3. The van der Waals surface area contributed by atoms with Crippen LogP contribution < -0.4 is 9.47 Å². The summed E-state index contributed by atoms with van der Waals surface area (Å²) in [6.07, 6.45) is 4.13. The van der Waals surface area contributed by atoms with E-state index in [1.54, 1.807) is 14.2 Å². The maximum Gasteiger partial charge on any atom is 0.127 e. The fraction of sp³-hybridized carbons (Fsp3) is 0.368. The Labute approximate surface area is 131 Å². The molecule has 0 fully saturated rings. The number of aromatic hydroxyl groups is 1. The van der Waals surface area contributed by atoms with E-state index in [4.69, 9.17) is 9.47 Å². The fourth-order valence-corrected chi connectivity index (χ4v) is 3.54. The van der Waals surface area contributed by atoms with Crippen molar-refractivity contribution in [1.82, 2.24) is 0 Å². The zero-order chi connectivity index (χ0) is 15.7. The van der Waals surface area contributed by atoms with Crippen LogP contribution in [-0.4, -0.2) is 19.3 Å². The Morgan fingerprint density at radius 1 is 0.955 bits per heavy atom. The zero-order valence-electron chi connectivity index (χ0n) is 13.4. The van der Waals surface area contributed by atoms with Gasteiger partial charge < -0.3 is 14.6 Å². The van der Waals surface area contributed by atoms with E-state index in [0.29, 0.717) is 5.75 Å². The molecule has 22 heavy (non-hydrogen) atoms. The maximum absolute atomic E-state index is 10.9. The molecule has 0 unspecified atom stereocenters. The molecule has 2 aromatic rings.